The molecule has 2 aromatic heterocycles. The van der Waals surface area contributed by atoms with Crippen molar-refractivity contribution in [3.63, 3.8) is 0 Å². The molecule has 22 heavy (non-hydrogen) atoms. The van der Waals surface area contributed by atoms with E-state index in [1.807, 2.05) is 6.07 Å². The molecule has 1 aliphatic rings. The summed E-state index contributed by atoms with van der Waals surface area (Å²) in [4.78, 5) is 3.85. The van der Waals surface area contributed by atoms with E-state index in [2.05, 4.69) is 14.8 Å². The van der Waals surface area contributed by atoms with Crippen LogP contribution in [0.5, 0.6) is 0 Å². The lowest BCUT2D eigenvalue weighted by atomic mass is 10.2. The van der Waals surface area contributed by atoms with E-state index in [0.717, 1.165) is 12.8 Å². The van der Waals surface area contributed by atoms with Crippen molar-refractivity contribution in [3.05, 3.63) is 36.8 Å². The lowest BCUT2D eigenvalue weighted by Gasteiger charge is -2.22. The van der Waals surface area contributed by atoms with E-state index in [-0.39, 0.29) is 6.04 Å². The Labute approximate surface area is 129 Å². The molecule has 0 spiro atoms. The van der Waals surface area contributed by atoms with Crippen LogP contribution >= 0.6 is 0 Å². The number of furan rings is 1. The van der Waals surface area contributed by atoms with Gasteiger partial charge in [0.25, 0.3) is 10.2 Å². The molecule has 1 aliphatic heterocycles. The molecular weight excluding hydrogens is 306 g/mol. The van der Waals surface area contributed by atoms with Gasteiger partial charge in [0, 0.05) is 19.6 Å². The summed E-state index contributed by atoms with van der Waals surface area (Å²) in [6, 6.07) is 3.40. The zero-order valence-electron chi connectivity index (χ0n) is 12.1. The molecule has 0 saturated carbocycles. The minimum atomic E-state index is -3.50. The van der Waals surface area contributed by atoms with Crippen LogP contribution < -0.4 is 4.72 Å². The monoisotopic (exact) mass is 325 g/mol. The standard InChI is InChI=1S/C13H19N5O3S/c19-22(20,16-6-3-7-17-11-14-10-15-17)18-8-1-4-12(18)13-5-2-9-21-13/h2,5,9-12,16H,1,3-4,6-8H2/t12-/m1/s1. The Morgan fingerprint density at radius 3 is 3.09 bits per heavy atom. The average molecular weight is 325 g/mol. The van der Waals surface area contributed by atoms with Crippen LogP contribution in [0.1, 0.15) is 31.1 Å². The Hall–Kier alpha value is -1.71. The number of nitrogens with zero attached hydrogens (tertiary/aromatic N) is 4. The minimum absolute atomic E-state index is 0.206. The first-order valence-corrected chi connectivity index (χ1v) is 8.73. The maximum Gasteiger partial charge on any atom is 0.280 e. The van der Waals surface area contributed by atoms with Crippen molar-refractivity contribution in [2.45, 2.75) is 31.8 Å². The van der Waals surface area contributed by atoms with Crippen LogP contribution in [0.3, 0.4) is 0 Å². The molecule has 1 fully saturated rings. The van der Waals surface area contributed by atoms with Gasteiger partial charge in [-0.3, -0.25) is 4.68 Å². The van der Waals surface area contributed by atoms with E-state index in [4.69, 9.17) is 4.42 Å². The molecule has 1 saturated heterocycles. The molecule has 0 aliphatic carbocycles. The number of hydrogen-bond donors (Lipinski definition) is 1. The largest absolute Gasteiger partial charge is 0.468 e. The summed E-state index contributed by atoms with van der Waals surface area (Å²) in [6.45, 7) is 1.51. The second kappa shape index (κ2) is 6.59. The van der Waals surface area contributed by atoms with Gasteiger partial charge in [-0.2, -0.15) is 17.8 Å². The van der Waals surface area contributed by atoms with Gasteiger partial charge in [0.2, 0.25) is 0 Å². The van der Waals surface area contributed by atoms with E-state index < -0.39 is 10.2 Å². The van der Waals surface area contributed by atoms with Gasteiger partial charge >= 0.3 is 0 Å². The smallest absolute Gasteiger partial charge is 0.280 e. The van der Waals surface area contributed by atoms with Gasteiger partial charge in [0.05, 0.1) is 12.3 Å². The summed E-state index contributed by atoms with van der Waals surface area (Å²) >= 11 is 0. The number of rotatable bonds is 7. The highest BCUT2D eigenvalue weighted by Gasteiger charge is 2.36. The molecule has 2 aromatic rings. The Bertz CT molecular complexity index is 669. The number of aryl methyl sites for hydroxylation is 1. The Kier molecular flexibility index (Phi) is 4.55. The number of nitrogens with one attached hydrogen (secondary N) is 1. The minimum Gasteiger partial charge on any atom is -0.468 e. The van der Waals surface area contributed by atoms with Crippen molar-refractivity contribution in [3.8, 4) is 0 Å². The maximum absolute atomic E-state index is 12.4. The topological polar surface area (TPSA) is 93.3 Å². The normalized spacial score (nSPS) is 19.7. The molecule has 3 heterocycles. The van der Waals surface area contributed by atoms with Crippen LogP contribution in [0.2, 0.25) is 0 Å². The summed E-state index contributed by atoms with van der Waals surface area (Å²) in [5.74, 6) is 0.700. The third-order valence-corrected chi connectivity index (χ3v) is 5.32. The maximum atomic E-state index is 12.4. The van der Waals surface area contributed by atoms with E-state index in [0.29, 0.717) is 31.8 Å². The summed E-state index contributed by atoms with van der Waals surface area (Å²) in [5, 5.41) is 3.98. The Balaban J connectivity index is 1.55. The Morgan fingerprint density at radius 2 is 2.36 bits per heavy atom. The molecule has 8 nitrogen and oxygen atoms in total. The third-order valence-electron chi connectivity index (χ3n) is 3.70. The van der Waals surface area contributed by atoms with Gasteiger partial charge < -0.3 is 4.42 Å². The van der Waals surface area contributed by atoms with Crippen molar-refractivity contribution >= 4 is 10.2 Å². The molecule has 0 radical (unpaired) electrons. The summed E-state index contributed by atoms with van der Waals surface area (Å²) in [5.41, 5.74) is 0. The SMILES string of the molecule is O=S(=O)(NCCCn1cncn1)N1CCC[C@@H]1c1ccco1. The quantitative estimate of drug-likeness (QED) is 0.765. The fraction of sp³-hybridized carbons (Fsp3) is 0.538. The van der Waals surface area contributed by atoms with E-state index in [9.17, 15) is 8.42 Å². The molecule has 0 aromatic carbocycles. The van der Waals surface area contributed by atoms with Crippen LogP contribution in [0.4, 0.5) is 0 Å². The van der Waals surface area contributed by atoms with Gasteiger partial charge in [-0.25, -0.2) is 9.71 Å². The highest BCUT2D eigenvalue weighted by Crippen LogP contribution is 2.33. The van der Waals surface area contributed by atoms with Gasteiger partial charge in [-0.15, -0.1) is 0 Å². The lowest BCUT2D eigenvalue weighted by molar-refractivity contribution is 0.335. The summed E-state index contributed by atoms with van der Waals surface area (Å²) in [6.07, 6.45) is 6.93. The molecule has 1 atom stereocenters. The fourth-order valence-corrected chi connectivity index (χ4v) is 4.15. The number of aromatic nitrogens is 3. The second-order valence-corrected chi connectivity index (χ2v) is 6.90. The number of hydrogen-bond acceptors (Lipinski definition) is 5. The van der Waals surface area contributed by atoms with Crippen LogP contribution in [-0.2, 0) is 16.8 Å². The zero-order valence-corrected chi connectivity index (χ0v) is 12.9. The molecule has 9 heteroatoms. The predicted octanol–water partition coefficient (Wildman–Crippen LogP) is 0.933. The average Bonchev–Trinajstić information content (AvgIpc) is 3.24. The van der Waals surface area contributed by atoms with Crippen molar-refractivity contribution in [2.24, 2.45) is 0 Å². The summed E-state index contributed by atoms with van der Waals surface area (Å²) < 4.78 is 36.1. The second-order valence-electron chi connectivity index (χ2n) is 5.20. The van der Waals surface area contributed by atoms with Crippen molar-refractivity contribution < 1.29 is 12.8 Å². The molecule has 0 unspecified atom stereocenters. The summed E-state index contributed by atoms with van der Waals surface area (Å²) in [7, 11) is -3.50. The first-order valence-electron chi connectivity index (χ1n) is 7.29. The molecule has 0 bridgehead atoms. The highest BCUT2D eigenvalue weighted by atomic mass is 32.2. The zero-order chi connectivity index (χ0) is 15.4. The molecular formula is C13H19N5O3S. The van der Waals surface area contributed by atoms with E-state index >= 15 is 0 Å². The molecule has 0 amide bonds. The van der Waals surface area contributed by atoms with Gasteiger partial charge in [0.15, 0.2) is 0 Å². The first kappa shape index (κ1) is 15.2. The van der Waals surface area contributed by atoms with Gasteiger partial charge in [-0.05, 0) is 31.4 Å². The predicted molar refractivity (Wildman–Crippen MR) is 79.0 cm³/mol. The molecule has 120 valence electrons. The lowest BCUT2D eigenvalue weighted by Crippen LogP contribution is -2.40. The van der Waals surface area contributed by atoms with Crippen LogP contribution in [-0.4, -0.2) is 40.6 Å². The molecule has 3 rings (SSSR count). The molecule has 1 N–H and O–H groups in total. The van der Waals surface area contributed by atoms with E-state index in [1.165, 1.54) is 10.6 Å². The van der Waals surface area contributed by atoms with Gasteiger partial charge in [-0.1, -0.05) is 0 Å². The van der Waals surface area contributed by atoms with Crippen molar-refractivity contribution in [2.75, 3.05) is 13.1 Å². The van der Waals surface area contributed by atoms with Crippen LogP contribution in [0.25, 0.3) is 0 Å². The fourth-order valence-electron chi connectivity index (χ4n) is 2.67. The van der Waals surface area contributed by atoms with E-state index in [1.54, 1.807) is 23.3 Å². The highest BCUT2D eigenvalue weighted by molar-refractivity contribution is 7.87. The van der Waals surface area contributed by atoms with Gasteiger partial charge in [0.1, 0.15) is 18.4 Å². The van der Waals surface area contributed by atoms with Crippen molar-refractivity contribution in [1.29, 1.82) is 0 Å². The first-order chi connectivity index (χ1) is 10.7. The Morgan fingerprint density at radius 1 is 1.45 bits per heavy atom. The third kappa shape index (κ3) is 3.37. The van der Waals surface area contributed by atoms with Crippen molar-refractivity contribution in [1.82, 2.24) is 23.8 Å². The van der Waals surface area contributed by atoms with Crippen LogP contribution in [0, 0.1) is 0 Å². The van der Waals surface area contributed by atoms with Crippen LogP contribution in [0.15, 0.2) is 35.5 Å².